The van der Waals surface area contributed by atoms with Gasteiger partial charge in [0.2, 0.25) is 0 Å². The van der Waals surface area contributed by atoms with Crippen LogP contribution in [0.15, 0.2) is 42.5 Å². The summed E-state index contributed by atoms with van der Waals surface area (Å²) < 4.78 is 0. The molecule has 0 fully saturated rings. The quantitative estimate of drug-likeness (QED) is 0.622. The fourth-order valence-electron chi connectivity index (χ4n) is 2.19. The van der Waals surface area contributed by atoms with E-state index in [1.165, 1.54) is 12.1 Å². The third-order valence-corrected chi connectivity index (χ3v) is 3.64. The first-order chi connectivity index (χ1) is 12.1. The van der Waals surface area contributed by atoms with Crippen molar-refractivity contribution in [2.45, 2.75) is 26.3 Å². The number of nitro benzene ring substituents is 1. The van der Waals surface area contributed by atoms with Crippen molar-refractivity contribution >= 4 is 34.8 Å². The van der Waals surface area contributed by atoms with Crippen molar-refractivity contribution < 1.29 is 14.5 Å². The summed E-state index contributed by atoms with van der Waals surface area (Å²) in [6.45, 7) is 5.53. The van der Waals surface area contributed by atoms with Gasteiger partial charge in [-0.25, -0.2) is 0 Å². The van der Waals surface area contributed by atoms with Gasteiger partial charge in [0.25, 0.3) is 17.5 Å². The number of anilines is 1. The molecule has 2 rings (SSSR count). The zero-order chi connectivity index (χ0) is 19.5. The van der Waals surface area contributed by atoms with Crippen molar-refractivity contribution in [1.29, 1.82) is 0 Å². The predicted octanol–water partition coefficient (Wildman–Crippen LogP) is 4.03. The van der Waals surface area contributed by atoms with E-state index in [0.717, 1.165) is 6.07 Å². The van der Waals surface area contributed by atoms with Crippen molar-refractivity contribution in [2.24, 2.45) is 0 Å². The molecule has 2 N–H and O–H groups in total. The van der Waals surface area contributed by atoms with Crippen LogP contribution < -0.4 is 10.6 Å². The predicted molar refractivity (Wildman–Crippen MR) is 99.7 cm³/mol. The zero-order valence-corrected chi connectivity index (χ0v) is 15.3. The van der Waals surface area contributed by atoms with E-state index in [2.05, 4.69) is 10.6 Å². The molecule has 26 heavy (non-hydrogen) atoms. The highest BCUT2D eigenvalue weighted by Crippen LogP contribution is 2.24. The molecule has 0 aliphatic rings. The van der Waals surface area contributed by atoms with Gasteiger partial charge in [-0.2, -0.15) is 0 Å². The summed E-state index contributed by atoms with van der Waals surface area (Å²) in [5.41, 5.74) is -0.193. The molecule has 0 saturated carbocycles. The molecule has 2 amide bonds. The number of hydrogen-bond acceptors (Lipinski definition) is 4. The van der Waals surface area contributed by atoms with E-state index in [9.17, 15) is 19.7 Å². The molecule has 0 bridgehead atoms. The monoisotopic (exact) mass is 375 g/mol. The van der Waals surface area contributed by atoms with Crippen LogP contribution in [-0.2, 0) is 0 Å². The molecule has 0 aliphatic carbocycles. The van der Waals surface area contributed by atoms with Crippen molar-refractivity contribution in [1.82, 2.24) is 5.32 Å². The maximum absolute atomic E-state index is 12.5. The van der Waals surface area contributed by atoms with E-state index in [0.29, 0.717) is 0 Å². The SMILES string of the molecule is CC(C)(C)NC(=O)c1ccccc1NC(=O)c1cc([N+](=O)[O-])ccc1Cl. The minimum absolute atomic E-state index is 0.0492. The average molecular weight is 376 g/mol. The minimum Gasteiger partial charge on any atom is -0.347 e. The summed E-state index contributed by atoms with van der Waals surface area (Å²) >= 11 is 5.99. The number of halogens is 1. The summed E-state index contributed by atoms with van der Waals surface area (Å²) in [4.78, 5) is 35.2. The lowest BCUT2D eigenvalue weighted by Gasteiger charge is -2.21. The van der Waals surface area contributed by atoms with Gasteiger partial charge in [0.05, 0.1) is 26.8 Å². The first-order valence-electron chi connectivity index (χ1n) is 7.75. The van der Waals surface area contributed by atoms with Crippen LogP contribution in [0.3, 0.4) is 0 Å². The molecule has 0 spiro atoms. The maximum atomic E-state index is 12.5. The number of nitrogens with zero attached hydrogens (tertiary/aromatic N) is 1. The first-order valence-corrected chi connectivity index (χ1v) is 8.13. The second-order valence-electron chi connectivity index (χ2n) is 6.63. The number of carbonyl (C=O) groups excluding carboxylic acids is 2. The van der Waals surface area contributed by atoms with Crippen molar-refractivity contribution in [3.63, 3.8) is 0 Å². The third kappa shape index (κ3) is 4.80. The Morgan fingerprint density at radius 1 is 1.04 bits per heavy atom. The number of para-hydroxylation sites is 1. The number of nitrogens with one attached hydrogen (secondary N) is 2. The van der Waals surface area contributed by atoms with E-state index in [1.54, 1.807) is 24.3 Å². The van der Waals surface area contributed by atoms with Crippen LogP contribution in [0.4, 0.5) is 11.4 Å². The Bertz CT molecular complexity index is 875. The molecule has 0 heterocycles. The molecular weight excluding hydrogens is 358 g/mol. The maximum Gasteiger partial charge on any atom is 0.270 e. The van der Waals surface area contributed by atoms with Crippen LogP contribution in [0, 0.1) is 10.1 Å². The molecule has 0 aliphatic heterocycles. The smallest absolute Gasteiger partial charge is 0.270 e. The summed E-state index contributed by atoms with van der Waals surface area (Å²) in [7, 11) is 0. The van der Waals surface area contributed by atoms with E-state index in [4.69, 9.17) is 11.6 Å². The lowest BCUT2D eigenvalue weighted by molar-refractivity contribution is -0.384. The molecular formula is C18H18ClN3O4. The van der Waals surface area contributed by atoms with Crippen molar-refractivity contribution in [3.05, 3.63) is 68.7 Å². The van der Waals surface area contributed by atoms with Crippen molar-refractivity contribution in [3.8, 4) is 0 Å². The second-order valence-corrected chi connectivity index (χ2v) is 7.03. The van der Waals surface area contributed by atoms with Gasteiger partial charge in [0.15, 0.2) is 0 Å². The molecule has 136 valence electrons. The van der Waals surface area contributed by atoms with Gasteiger partial charge >= 0.3 is 0 Å². The Labute approximate surface area is 155 Å². The number of rotatable bonds is 4. The first kappa shape index (κ1) is 19.4. The number of non-ortho nitro benzene ring substituents is 1. The molecule has 8 heteroatoms. The summed E-state index contributed by atoms with van der Waals surface area (Å²) in [6.07, 6.45) is 0. The third-order valence-electron chi connectivity index (χ3n) is 3.31. The molecule has 2 aromatic rings. The molecule has 0 unspecified atom stereocenters. The van der Waals surface area contributed by atoms with Gasteiger partial charge in [0, 0.05) is 17.7 Å². The fraction of sp³-hybridized carbons (Fsp3) is 0.222. The Balaban J connectivity index is 2.32. The molecule has 0 saturated heterocycles. The molecule has 0 atom stereocenters. The molecule has 2 aromatic carbocycles. The highest BCUT2D eigenvalue weighted by Gasteiger charge is 2.20. The Morgan fingerprint density at radius 2 is 1.69 bits per heavy atom. The summed E-state index contributed by atoms with van der Waals surface area (Å²) in [5, 5.41) is 16.4. The average Bonchev–Trinajstić information content (AvgIpc) is 2.53. The highest BCUT2D eigenvalue weighted by molar-refractivity contribution is 6.34. The second kappa shape index (κ2) is 7.53. The van der Waals surface area contributed by atoms with E-state index in [-0.39, 0.29) is 33.4 Å². The normalized spacial score (nSPS) is 10.9. The number of nitro groups is 1. The number of carbonyl (C=O) groups is 2. The van der Waals surface area contributed by atoms with Gasteiger partial charge in [-0.1, -0.05) is 23.7 Å². The number of amides is 2. The highest BCUT2D eigenvalue weighted by atomic mass is 35.5. The lowest BCUT2D eigenvalue weighted by atomic mass is 10.1. The summed E-state index contributed by atoms with van der Waals surface area (Å²) in [6, 6.07) is 10.1. The minimum atomic E-state index is -0.644. The van der Waals surface area contributed by atoms with E-state index >= 15 is 0 Å². The van der Waals surface area contributed by atoms with Gasteiger partial charge in [-0.3, -0.25) is 19.7 Å². The number of hydrogen-bond donors (Lipinski definition) is 2. The van der Waals surface area contributed by atoms with E-state index in [1.807, 2.05) is 20.8 Å². The molecule has 0 radical (unpaired) electrons. The largest absolute Gasteiger partial charge is 0.347 e. The topological polar surface area (TPSA) is 101 Å². The van der Waals surface area contributed by atoms with Crippen LogP contribution in [0.5, 0.6) is 0 Å². The Morgan fingerprint density at radius 3 is 2.31 bits per heavy atom. The van der Waals surface area contributed by atoms with Crippen LogP contribution in [0.1, 0.15) is 41.5 Å². The van der Waals surface area contributed by atoms with Crippen LogP contribution >= 0.6 is 11.6 Å². The standard InChI is InChI=1S/C18H18ClN3O4/c1-18(2,3)21-17(24)12-6-4-5-7-15(12)20-16(23)13-10-11(22(25)26)8-9-14(13)19/h4-10H,1-3H3,(H,20,23)(H,21,24). The molecule has 7 nitrogen and oxygen atoms in total. The molecule has 0 aromatic heterocycles. The summed E-state index contributed by atoms with van der Waals surface area (Å²) in [5.74, 6) is -0.992. The van der Waals surface area contributed by atoms with Gasteiger partial charge in [-0.15, -0.1) is 0 Å². The zero-order valence-electron chi connectivity index (χ0n) is 14.5. The van der Waals surface area contributed by atoms with Gasteiger partial charge in [-0.05, 0) is 39.0 Å². The fourth-order valence-corrected chi connectivity index (χ4v) is 2.39. The number of benzene rings is 2. The van der Waals surface area contributed by atoms with Crippen LogP contribution in [-0.4, -0.2) is 22.3 Å². The van der Waals surface area contributed by atoms with Gasteiger partial charge < -0.3 is 10.6 Å². The lowest BCUT2D eigenvalue weighted by Crippen LogP contribution is -2.40. The van der Waals surface area contributed by atoms with E-state index < -0.39 is 16.4 Å². The van der Waals surface area contributed by atoms with Crippen LogP contribution in [0.2, 0.25) is 5.02 Å². The Hall–Kier alpha value is -2.93. The van der Waals surface area contributed by atoms with Crippen molar-refractivity contribution in [2.75, 3.05) is 5.32 Å². The van der Waals surface area contributed by atoms with Gasteiger partial charge in [0.1, 0.15) is 0 Å². The van der Waals surface area contributed by atoms with Crippen LogP contribution in [0.25, 0.3) is 0 Å². The Kier molecular flexibility index (Phi) is 5.62.